The molecule has 0 aromatic rings. The SMILES string of the molecule is CC1(C)C=NC=NO1. The molecule has 3 heteroatoms. The summed E-state index contributed by atoms with van der Waals surface area (Å²) in [6.45, 7) is 3.79. The van der Waals surface area contributed by atoms with Crippen molar-refractivity contribution in [3.63, 3.8) is 0 Å². The van der Waals surface area contributed by atoms with Gasteiger partial charge in [-0.25, -0.2) is 4.99 Å². The second-order valence-corrected chi connectivity index (χ2v) is 2.19. The zero-order chi connectivity index (χ0) is 6.04. The topological polar surface area (TPSA) is 34.0 Å². The predicted octanol–water partition coefficient (Wildman–Crippen LogP) is 0.809. The van der Waals surface area contributed by atoms with E-state index in [9.17, 15) is 0 Å². The summed E-state index contributed by atoms with van der Waals surface area (Å²) in [4.78, 5) is 8.67. The molecular formula is C5H8N2O. The van der Waals surface area contributed by atoms with Crippen LogP contribution in [-0.2, 0) is 4.84 Å². The fourth-order valence-electron chi connectivity index (χ4n) is 0.423. The van der Waals surface area contributed by atoms with E-state index < -0.39 is 0 Å². The van der Waals surface area contributed by atoms with Crippen LogP contribution in [0.25, 0.3) is 0 Å². The normalized spacial score (nSPS) is 22.8. The van der Waals surface area contributed by atoms with Gasteiger partial charge >= 0.3 is 0 Å². The lowest BCUT2D eigenvalue weighted by atomic mass is 10.2. The van der Waals surface area contributed by atoms with Gasteiger partial charge < -0.3 is 4.84 Å². The quantitative estimate of drug-likeness (QED) is 0.456. The first-order chi connectivity index (χ1) is 3.71. The molecule has 44 valence electrons. The number of aliphatic imine (C=N–C) groups is 1. The van der Waals surface area contributed by atoms with Crippen LogP contribution in [0.15, 0.2) is 10.1 Å². The van der Waals surface area contributed by atoms with Gasteiger partial charge in [-0.3, -0.25) is 0 Å². The van der Waals surface area contributed by atoms with Crippen molar-refractivity contribution in [2.75, 3.05) is 0 Å². The van der Waals surface area contributed by atoms with E-state index in [0.29, 0.717) is 0 Å². The summed E-state index contributed by atoms with van der Waals surface area (Å²) >= 11 is 0. The highest BCUT2D eigenvalue weighted by atomic mass is 16.6. The number of rotatable bonds is 0. The Morgan fingerprint density at radius 1 is 1.50 bits per heavy atom. The molecule has 0 aliphatic carbocycles. The maximum atomic E-state index is 4.89. The Morgan fingerprint density at radius 3 is 2.50 bits per heavy atom. The van der Waals surface area contributed by atoms with Crippen LogP contribution in [0.5, 0.6) is 0 Å². The van der Waals surface area contributed by atoms with Gasteiger partial charge in [0.05, 0.1) is 6.21 Å². The highest BCUT2D eigenvalue weighted by Crippen LogP contribution is 2.07. The van der Waals surface area contributed by atoms with Crippen molar-refractivity contribution in [1.82, 2.24) is 0 Å². The lowest BCUT2D eigenvalue weighted by Crippen LogP contribution is -2.25. The summed E-state index contributed by atoms with van der Waals surface area (Å²) in [5.41, 5.74) is -0.311. The maximum Gasteiger partial charge on any atom is 0.167 e. The molecule has 1 aliphatic rings. The third kappa shape index (κ3) is 1.05. The zero-order valence-corrected chi connectivity index (χ0v) is 4.96. The molecule has 1 rings (SSSR count). The first-order valence-electron chi connectivity index (χ1n) is 2.45. The summed E-state index contributed by atoms with van der Waals surface area (Å²) in [5, 5.41) is 3.51. The van der Waals surface area contributed by atoms with Gasteiger partial charge in [-0.15, -0.1) is 0 Å². The van der Waals surface area contributed by atoms with E-state index in [1.807, 2.05) is 13.8 Å². The molecule has 0 atom stereocenters. The van der Waals surface area contributed by atoms with Crippen LogP contribution in [0.1, 0.15) is 13.8 Å². The van der Waals surface area contributed by atoms with Crippen molar-refractivity contribution in [1.29, 1.82) is 0 Å². The van der Waals surface area contributed by atoms with Gasteiger partial charge in [-0.05, 0) is 13.8 Å². The third-order valence-corrected chi connectivity index (χ3v) is 0.787. The molecule has 0 fully saturated rings. The summed E-state index contributed by atoms with van der Waals surface area (Å²) in [7, 11) is 0. The lowest BCUT2D eigenvalue weighted by Gasteiger charge is -2.17. The Hall–Kier alpha value is -0.860. The molecule has 0 saturated carbocycles. The highest BCUT2D eigenvalue weighted by molar-refractivity contribution is 5.78. The maximum absolute atomic E-state index is 4.89. The van der Waals surface area contributed by atoms with Crippen LogP contribution in [0, 0.1) is 0 Å². The van der Waals surface area contributed by atoms with Crippen molar-refractivity contribution in [2.24, 2.45) is 10.1 Å². The van der Waals surface area contributed by atoms with Crippen LogP contribution < -0.4 is 0 Å². The molecule has 0 saturated heterocycles. The highest BCUT2D eigenvalue weighted by Gasteiger charge is 2.16. The fraction of sp³-hybridized carbons (Fsp3) is 0.600. The average molecular weight is 112 g/mol. The number of oxime groups is 1. The molecule has 1 aliphatic heterocycles. The number of nitrogens with zero attached hydrogens (tertiary/aromatic N) is 2. The van der Waals surface area contributed by atoms with Gasteiger partial charge in [0.1, 0.15) is 0 Å². The molecule has 0 N–H and O–H groups in total. The van der Waals surface area contributed by atoms with Crippen molar-refractivity contribution >= 4 is 12.6 Å². The molecule has 0 aromatic heterocycles. The monoisotopic (exact) mass is 112 g/mol. The van der Waals surface area contributed by atoms with Crippen LogP contribution in [0.2, 0.25) is 0 Å². The molecule has 3 nitrogen and oxygen atoms in total. The van der Waals surface area contributed by atoms with Gasteiger partial charge in [0.25, 0.3) is 0 Å². The summed E-state index contributed by atoms with van der Waals surface area (Å²) in [6, 6.07) is 0. The van der Waals surface area contributed by atoms with E-state index in [0.717, 1.165) is 0 Å². The molecule has 0 unspecified atom stereocenters. The minimum atomic E-state index is -0.311. The molecule has 0 bridgehead atoms. The summed E-state index contributed by atoms with van der Waals surface area (Å²) < 4.78 is 0. The van der Waals surface area contributed by atoms with Crippen molar-refractivity contribution in [3.05, 3.63) is 0 Å². The lowest BCUT2D eigenvalue weighted by molar-refractivity contribution is 0.0417. The Balaban J connectivity index is 2.65. The average Bonchev–Trinajstić information content (AvgIpc) is 1.65. The van der Waals surface area contributed by atoms with Gasteiger partial charge in [-0.1, -0.05) is 5.16 Å². The van der Waals surface area contributed by atoms with Crippen LogP contribution in [0.4, 0.5) is 0 Å². The Kier molecular flexibility index (Phi) is 1.04. The molecule has 0 amide bonds. The van der Waals surface area contributed by atoms with Crippen molar-refractivity contribution in [3.8, 4) is 0 Å². The minimum absolute atomic E-state index is 0.311. The number of hydrogen-bond acceptors (Lipinski definition) is 3. The Bertz CT molecular complexity index is 137. The second-order valence-electron chi connectivity index (χ2n) is 2.19. The fourth-order valence-corrected chi connectivity index (χ4v) is 0.423. The predicted molar refractivity (Wildman–Crippen MR) is 32.1 cm³/mol. The Morgan fingerprint density at radius 2 is 2.25 bits per heavy atom. The van der Waals surface area contributed by atoms with E-state index >= 15 is 0 Å². The van der Waals surface area contributed by atoms with Crippen LogP contribution in [-0.4, -0.2) is 18.2 Å². The van der Waals surface area contributed by atoms with E-state index in [2.05, 4.69) is 10.1 Å². The number of hydrogen-bond donors (Lipinski definition) is 0. The molecule has 0 spiro atoms. The van der Waals surface area contributed by atoms with E-state index in [1.165, 1.54) is 6.34 Å². The first kappa shape index (κ1) is 5.28. The van der Waals surface area contributed by atoms with E-state index in [1.54, 1.807) is 6.21 Å². The van der Waals surface area contributed by atoms with Crippen LogP contribution in [0.3, 0.4) is 0 Å². The largest absolute Gasteiger partial charge is 0.383 e. The van der Waals surface area contributed by atoms with E-state index in [4.69, 9.17) is 4.84 Å². The van der Waals surface area contributed by atoms with Crippen LogP contribution >= 0.6 is 0 Å². The minimum Gasteiger partial charge on any atom is -0.383 e. The van der Waals surface area contributed by atoms with Crippen molar-refractivity contribution < 1.29 is 4.84 Å². The van der Waals surface area contributed by atoms with Gasteiger partial charge in [-0.2, -0.15) is 0 Å². The zero-order valence-electron chi connectivity index (χ0n) is 4.96. The second kappa shape index (κ2) is 1.58. The Labute approximate surface area is 48.1 Å². The van der Waals surface area contributed by atoms with Gasteiger partial charge in [0.2, 0.25) is 0 Å². The van der Waals surface area contributed by atoms with Crippen molar-refractivity contribution in [2.45, 2.75) is 19.4 Å². The molecule has 1 heterocycles. The van der Waals surface area contributed by atoms with Gasteiger partial charge in [0, 0.05) is 0 Å². The first-order valence-corrected chi connectivity index (χ1v) is 2.45. The summed E-state index contributed by atoms with van der Waals surface area (Å²) in [5.74, 6) is 0. The standard InChI is InChI=1S/C5H8N2O/c1-5(2)3-6-4-7-8-5/h3-4H,1-2H3. The van der Waals surface area contributed by atoms with E-state index in [-0.39, 0.29) is 5.60 Å². The molecule has 8 heavy (non-hydrogen) atoms. The third-order valence-electron chi connectivity index (χ3n) is 0.787. The molecule has 0 radical (unpaired) electrons. The van der Waals surface area contributed by atoms with Gasteiger partial charge in [0.15, 0.2) is 11.9 Å². The molecule has 0 aromatic carbocycles. The summed E-state index contributed by atoms with van der Waals surface area (Å²) in [6.07, 6.45) is 3.09. The molecular weight excluding hydrogens is 104 g/mol. The smallest absolute Gasteiger partial charge is 0.167 e.